The summed E-state index contributed by atoms with van der Waals surface area (Å²) in [5.74, 6) is 0.203. The summed E-state index contributed by atoms with van der Waals surface area (Å²) in [6.45, 7) is 0. The molecule has 0 radical (unpaired) electrons. The van der Waals surface area contributed by atoms with Crippen LogP contribution in [0.1, 0.15) is 17.5 Å². The van der Waals surface area contributed by atoms with Crippen LogP contribution in [-0.2, 0) is 17.6 Å². The molecule has 2 aromatic carbocycles. The highest BCUT2D eigenvalue weighted by Crippen LogP contribution is 2.21. The van der Waals surface area contributed by atoms with E-state index in [0.717, 1.165) is 19.3 Å². The van der Waals surface area contributed by atoms with E-state index in [1.54, 1.807) is 12.1 Å². The molecule has 5 nitrogen and oxygen atoms in total. The molecule has 6 heteroatoms. The lowest BCUT2D eigenvalue weighted by atomic mass is 9.88. The van der Waals surface area contributed by atoms with Crippen molar-refractivity contribution in [2.45, 2.75) is 30.5 Å². The number of amides is 1. The van der Waals surface area contributed by atoms with Gasteiger partial charge in [0.05, 0.1) is 16.7 Å². The third kappa shape index (κ3) is 3.65. The predicted molar refractivity (Wildman–Crippen MR) is 103 cm³/mol. The molecular formula is C20H19N3O2S. The average molecular weight is 365 g/mol. The molecule has 0 bridgehead atoms. The summed E-state index contributed by atoms with van der Waals surface area (Å²) in [7, 11) is 0. The number of H-pyrrole nitrogens is 1. The SMILES string of the molecule is O=C(CSc1nc2ccccc2c(=O)[nH]1)N[C@H]1CCc2ccccc2C1. The van der Waals surface area contributed by atoms with E-state index in [4.69, 9.17) is 0 Å². The molecule has 1 aliphatic rings. The van der Waals surface area contributed by atoms with Crippen LogP contribution in [0.2, 0.25) is 0 Å². The topological polar surface area (TPSA) is 74.8 Å². The number of thioether (sulfide) groups is 1. The third-order valence-corrected chi connectivity index (χ3v) is 5.52. The molecule has 4 rings (SSSR count). The number of rotatable bonds is 4. The maximum atomic E-state index is 12.3. The highest BCUT2D eigenvalue weighted by Gasteiger charge is 2.20. The lowest BCUT2D eigenvalue weighted by molar-refractivity contribution is -0.119. The summed E-state index contributed by atoms with van der Waals surface area (Å²) in [6, 6.07) is 15.8. The Morgan fingerprint density at radius 1 is 1.15 bits per heavy atom. The van der Waals surface area contributed by atoms with Crippen LogP contribution in [0.3, 0.4) is 0 Å². The maximum Gasteiger partial charge on any atom is 0.259 e. The fourth-order valence-corrected chi connectivity index (χ4v) is 4.04. The fraction of sp³-hybridized carbons (Fsp3) is 0.250. The lowest BCUT2D eigenvalue weighted by Gasteiger charge is -2.25. The summed E-state index contributed by atoms with van der Waals surface area (Å²) in [4.78, 5) is 31.5. The number of nitrogens with zero attached hydrogens (tertiary/aromatic N) is 1. The molecule has 0 saturated heterocycles. The zero-order valence-electron chi connectivity index (χ0n) is 14.2. The van der Waals surface area contributed by atoms with Gasteiger partial charge in [0, 0.05) is 6.04 Å². The number of carbonyl (C=O) groups is 1. The van der Waals surface area contributed by atoms with Gasteiger partial charge in [0.15, 0.2) is 5.16 Å². The lowest BCUT2D eigenvalue weighted by Crippen LogP contribution is -2.39. The number of benzene rings is 2. The standard InChI is InChI=1S/C20H19N3O2S/c24-18(21-15-10-9-13-5-1-2-6-14(13)11-15)12-26-20-22-17-8-4-3-7-16(17)19(25)23-20/h1-8,15H,9-12H2,(H,21,24)(H,22,23,25)/t15-/m0/s1. The van der Waals surface area contributed by atoms with Crippen LogP contribution in [0.25, 0.3) is 10.9 Å². The second-order valence-electron chi connectivity index (χ2n) is 6.45. The van der Waals surface area contributed by atoms with Crippen molar-refractivity contribution in [3.8, 4) is 0 Å². The van der Waals surface area contributed by atoms with Gasteiger partial charge < -0.3 is 10.3 Å². The van der Waals surface area contributed by atoms with Crippen molar-refractivity contribution in [1.82, 2.24) is 15.3 Å². The predicted octanol–water partition coefficient (Wildman–Crippen LogP) is 2.69. The van der Waals surface area contributed by atoms with Crippen molar-refractivity contribution in [2.24, 2.45) is 0 Å². The van der Waals surface area contributed by atoms with Gasteiger partial charge in [-0.15, -0.1) is 0 Å². The summed E-state index contributed by atoms with van der Waals surface area (Å²) in [5.41, 5.74) is 3.16. The van der Waals surface area contributed by atoms with Gasteiger partial charge >= 0.3 is 0 Å². The smallest absolute Gasteiger partial charge is 0.259 e. The summed E-state index contributed by atoms with van der Waals surface area (Å²) in [5, 5.41) is 4.13. The first-order valence-corrected chi connectivity index (χ1v) is 9.65. The molecular weight excluding hydrogens is 346 g/mol. The number of aromatic amines is 1. The number of para-hydroxylation sites is 1. The molecule has 132 valence electrons. The quantitative estimate of drug-likeness (QED) is 0.551. The van der Waals surface area contributed by atoms with E-state index in [-0.39, 0.29) is 23.3 Å². The van der Waals surface area contributed by atoms with Crippen molar-refractivity contribution in [3.63, 3.8) is 0 Å². The number of carbonyl (C=O) groups excluding carboxylic acids is 1. The normalized spacial score (nSPS) is 16.2. The number of nitrogens with one attached hydrogen (secondary N) is 2. The Bertz CT molecular complexity index is 1020. The second-order valence-corrected chi connectivity index (χ2v) is 7.42. The molecule has 0 aliphatic heterocycles. The van der Waals surface area contributed by atoms with E-state index in [2.05, 4.69) is 33.5 Å². The molecule has 1 amide bonds. The Balaban J connectivity index is 1.37. The molecule has 1 heterocycles. The van der Waals surface area contributed by atoms with Crippen molar-refractivity contribution in [2.75, 3.05) is 5.75 Å². The minimum absolute atomic E-state index is 0.0322. The van der Waals surface area contributed by atoms with Gasteiger partial charge in [-0.1, -0.05) is 48.2 Å². The van der Waals surface area contributed by atoms with Crippen LogP contribution >= 0.6 is 11.8 Å². The Morgan fingerprint density at radius 3 is 2.81 bits per heavy atom. The molecule has 1 atom stereocenters. The molecule has 26 heavy (non-hydrogen) atoms. The monoisotopic (exact) mass is 365 g/mol. The van der Waals surface area contributed by atoms with Crippen LogP contribution in [0.15, 0.2) is 58.5 Å². The number of hydrogen-bond donors (Lipinski definition) is 2. The van der Waals surface area contributed by atoms with Gasteiger partial charge in [0.25, 0.3) is 5.56 Å². The molecule has 0 spiro atoms. The summed E-state index contributed by atoms with van der Waals surface area (Å²) in [6.07, 6.45) is 2.82. The zero-order valence-corrected chi connectivity index (χ0v) is 15.0. The van der Waals surface area contributed by atoms with Crippen LogP contribution < -0.4 is 10.9 Å². The van der Waals surface area contributed by atoms with Crippen molar-refractivity contribution < 1.29 is 4.79 Å². The molecule has 1 aromatic heterocycles. The van der Waals surface area contributed by atoms with Crippen LogP contribution in [0.5, 0.6) is 0 Å². The first kappa shape index (κ1) is 16.8. The van der Waals surface area contributed by atoms with E-state index in [0.29, 0.717) is 16.1 Å². The van der Waals surface area contributed by atoms with Crippen molar-refractivity contribution in [3.05, 3.63) is 70.0 Å². The zero-order chi connectivity index (χ0) is 17.9. The number of aryl methyl sites for hydroxylation is 1. The summed E-state index contributed by atoms with van der Waals surface area (Å²) < 4.78 is 0. The molecule has 3 aromatic rings. The van der Waals surface area contributed by atoms with Crippen molar-refractivity contribution >= 4 is 28.6 Å². The van der Waals surface area contributed by atoms with Gasteiger partial charge in [-0.05, 0) is 42.5 Å². The van der Waals surface area contributed by atoms with E-state index in [1.807, 2.05) is 18.2 Å². The number of hydrogen-bond acceptors (Lipinski definition) is 4. The first-order valence-electron chi connectivity index (χ1n) is 8.67. The Kier molecular flexibility index (Phi) is 4.75. The number of fused-ring (bicyclic) bond motifs is 2. The van der Waals surface area contributed by atoms with Gasteiger partial charge in [-0.2, -0.15) is 0 Å². The van der Waals surface area contributed by atoms with Gasteiger partial charge in [0.1, 0.15) is 0 Å². The third-order valence-electron chi connectivity index (χ3n) is 4.64. The fourth-order valence-electron chi connectivity index (χ4n) is 3.36. The molecule has 0 fully saturated rings. The van der Waals surface area contributed by atoms with Crippen LogP contribution in [-0.4, -0.2) is 27.7 Å². The molecule has 0 saturated carbocycles. The molecule has 1 aliphatic carbocycles. The minimum Gasteiger partial charge on any atom is -0.352 e. The van der Waals surface area contributed by atoms with E-state index in [1.165, 1.54) is 22.9 Å². The van der Waals surface area contributed by atoms with Gasteiger partial charge in [-0.25, -0.2) is 4.98 Å². The Labute approximate surface area is 155 Å². The maximum absolute atomic E-state index is 12.3. The Morgan fingerprint density at radius 2 is 1.92 bits per heavy atom. The first-order chi connectivity index (χ1) is 12.7. The van der Waals surface area contributed by atoms with Gasteiger partial charge in [0.2, 0.25) is 5.91 Å². The minimum atomic E-state index is -0.178. The van der Waals surface area contributed by atoms with Crippen LogP contribution in [0, 0.1) is 0 Å². The average Bonchev–Trinajstić information content (AvgIpc) is 2.66. The molecule has 2 N–H and O–H groups in total. The summed E-state index contributed by atoms with van der Waals surface area (Å²) >= 11 is 1.25. The highest BCUT2D eigenvalue weighted by molar-refractivity contribution is 7.99. The van der Waals surface area contributed by atoms with E-state index < -0.39 is 0 Å². The van der Waals surface area contributed by atoms with E-state index >= 15 is 0 Å². The highest BCUT2D eigenvalue weighted by atomic mass is 32.2. The van der Waals surface area contributed by atoms with E-state index in [9.17, 15) is 9.59 Å². The molecule has 0 unspecified atom stereocenters. The largest absolute Gasteiger partial charge is 0.352 e. The number of aromatic nitrogens is 2. The van der Waals surface area contributed by atoms with Gasteiger partial charge in [-0.3, -0.25) is 9.59 Å². The van der Waals surface area contributed by atoms with Crippen molar-refractivity contribution in [1.29, 1.82) is 0 Å². The second kappa shape index (κ2) is 7.33. The van der Waals surface area contributed by atoms with Crippen LogP contribution in [0.4, 0.5) is 0 Å². The Hall–Kier alpha value is -2.60.